The molecule has 0 bridgehead atoms. The molecule has 0 aliphatic heterocycles. The highest BCUT2D eigenvalue weighted by molar-refractivity contribution is 6.03. The van der Waals surface area contributed by atoms with Gasteiger partial charge in [0.1, 0.15) is 22.7 Å². The fraction of sp³-hybridized carbons (Fsp3) is 0.250. The number of aromatic amines is 1. The van der Waals surface area contributed by atoms with E-state index in [0.717, 1.165) is 10.5 Å². The third kappa shape index (κ3) is 4.29. The Bertz CT molecular complexity index is 1440. The van der Waals surface area contributed by atoms with Crippen LogP contribution >= 0.6 is 0 Å². The Kier molecular flexibility index (Phi) is 5.74. The second-order valence-electron chi connectivity index (χ2n) is 8.74. The van der Waals surface area contributed by atoms with Crippen molar-refractivity contribution in [1.29, 1.82) is 0 Å². The molecule has 176 valence electrons. The minimum Gasteiger partial charge on any atom is -0.497 e. The Labute approximate surface area is 195 Å². The van der Waals surface area contributed by atoms with Crippen LogP contribution in [0.5, 0.6) is 5.75 Å². The number of nitrogen functional groups attached to an aromatic ring is 1. The monoisotopic (exact) mass is 463 g/mol. The summed E-state index contributed by atoms with van der Waals surface area (Å²) in [5.74, 6) is 0.897. The van der Waals surface area contributed by atoms with Gasteiger partial charge in [-0.3, -0.25) is 14.7 Å². The number of anilines is 4. The van der Waals surface area contributed by atoms with E-state index in [-0.39, 0.29) is 23.7 Å². The van der Waals surface area contributed by atoms with Gasteiger partial charge in [0.15, 0.2) is 5.82 Å². The quantitative estimate of drug-likeness (QED) is 0.370. The third-order valence-corrected chi connectivity index (χ3v) is 5.12. The first kappa shape index (κ1) is 22.8. The molecule has 10 heteroatoms. The van der Waals surface area contributed by atoms with Crippen LogP contribution < -0.4 is 31.5 Å². The molecular weight excluding hydrogens is 438 g/mol. The maximum Gasteiger partial charge on any atom is 0.419 e. The minimum absolute atomic E-state index is 0.0268. The lowest BCUT2D eigenvalue weighted by Gasteiger charge is -2.29. The lowest BCUT2D eigenvalue weighted by Crippen LogP contribution is -2.44. The Morgan fingerprint density at radius 1 is 1.15 bits per heavy atom. The highest BCUT2D eigenvalue weighted by Crippen LogP contribution is 2.33. The standard InChI is InChI=1S/C24H25N5O5/c1-24(2,3)34-23(32)29(14-8-9-17-16(11-14)22(25)28-27-17)19-18(20(30)21(19)31)26-12-13-6-5-7-15(10-13)33-4/h5-11,26H,12H2,1-4H3,(H3,25,27,28). The fourth-order valence-electron chi connectivity index (χ4n) is 3.52. The zero-order valence-electron chi connectivity index (χ0n) is 19.3. The van der Waals surface area contributed by atoms with Crippen LogP contribution in [0.3, 0.4) is 0 Å². The molecule has 0 aliphatic carbocycles. The van der Waals surface area contributed by atoms with Gasteiger partial charge in [-0.05, 0) is 56.7 Å². The Morgan fingerprint density at radius 2 is 1.91 bits per heavy atom. The maximum absolute atomic E-state index is 13.2. The second kappa shape index (κ2) is 8.54. The Balaban J connectivity index is 1.75. The van der Waals surface area contributed by atoms with E-state index in [1.54, 1.807) is 58.2 Å². The van der Waals surface area contributed by atoms with Crippen molar-refractivity contribution in [3.05, 3.63) is 68.5 Å². The van der Waals surface area contributed by atoms with E-state index in [0.29, 0.717) is 22.3 Å². The summed E-state index contributed by atoms with van der Waals surface area (Å²) in [6.07, 6.45) is -0.801. The number of amides is 1. The Morgan fingerprint density at radius 3 is 2.62 bits per heavy atom. The third-order valence-electron chi connectivity index (χ3n) is 5.12. The van der Waals surface area contributed by atoms with Gasteiger partial charge in [0, 0.05) is 11.9 Å². The molecule has 4 N–H and O–H groups in total. The van der Waals surface area contributed by atoms with Crippen LogP contribution in [0.4, 0.5) is 27.7 Å². The van der Waals surface area contributed by atoms with Crippen molar-refractivity contribution in [3.63, 3.8) is 0 Å². The molecule has 0 aliphatic rings. The van der Waals surface area contributed by atoms with E-state index in [9.17, 15) is 14.4 Å². The van der Waals surface area contributed by atoms with Crippen molar-refractivity contribution in [2.75, 3.05) is 23.1 Å². The average Bonchev–Trinajstić information content (AvgIpc) is 3.17. The Hall–Kier alpha value is -4.34. The summed E-state index contributed by atoms with van der Waals surface area (Å²) in [4.78, 5) is 39.5. The van der Waals surface area contributed by atoms with E-state index in [2.05, 4.69) is 15.5 Å². The normalized spacial score (nSPS) is 11.5. The van der Waals surface area contributed by atoms with Crippen molar-refractivity contribution >= 4 is 39.9 Å². The van der Waals surface area contributed by atoms with E-state index in [1.165, 1.54) is 0 Å². The lowest BCUT2D eigenvalue weighted by molar-refractivity contribution is 0.0599. The van der Waals surface area contributed by atoms with Crippen molar-refractivity contribution < 1.29 is 14.3 Å². The van der Waals surface area contributed by atoms with Gasteiger partial charge in [-0.2, -0.15) is 5.10 Å². The lowest BCUT2D eigenvalue weighted by atomic mass is 10.1. The second-order valence-corrected chi connectivity index (χ2v) is 8.74. The number of carbonyl (C=O) groups is 1. The summed E-state index contributed by atoms with van der Waals surface area (Å²) in [6.45, 7) is 5.38. The van der Waals surface area contributed by atoms with Crippen molar-refractivity contribution in [2.45, 2.75) is 32.9 Å². The summed E-state index contributed by atoms with van der Waals surface area (Å²) in [7, 11) is 1.56. The first-order chi connectivity index (χ1) is 16.1. The van der Waals surface area contributed by atoms with Crippen LogP contribution in [0.25, 0.3) is 10.9 Å². The summed E-state index contributed by atoms with van der Waals surface area (Å²) < 4.78 is 10.8. The van der Waals surface area contributed by atoms with Gasteiger partial charge in [-0.25, -0.2) is 9.69 Å². The van der Waals surface area contributed by atoms with E-state index in [4.69, 9.17) is 15.2 Å². The van der Waals surface area contributed by atoms with Crippen LogP contribution in [-0.2, 0) is 11.3 Å². The van der Waals surface area contributed by atoms with Gasteiger partial charge in [0.2, 0.25) is 0 Å². The number of nitrogens with one attached hydrogen (secondary N) is 2. The first-order valence-corrected chi connectivity index (χ1v) is 10.6. The van der Waals surface area contributed by atoms with Crippen LogP contribution in [0.2, 0.25) is 0 Å². The smallest absolute Gasteiger partial charge is 0.419 e. The predicted octanol–water partition coefficient (Wildman–Crippen LogP) is 3.44. The summed E-state index contributed by atoms with van der Waals surface area (Å²) >= 11 is 0. The molecule has 4 rings (SSSR count). The van der Waals surface area contributed by atoms with Crippen LogP contribution in [0.1, 0.15) is 26.3 Å². The predicted molar refractivity (Wildman–Crippen MR) is 131 cm³/mol. The fourth-order valence-corrected chi connectivity index (χ4v) is 3.52. The molecular formula is C24H25N5O5. The molecule has 1 amide bonds. The number of nitrogens with two attached hydrogens (primary N) is 1. The largest absolute Gasteiger partial charge is 0.497 e. The van der Waals surface area contributed by atoms with E-state index in [1.807, 2.05) is 12.1 Å². The van der Waals surface area contributed by atoms with E-state index < -0.39 is 22.6 Å². The van der Waals surface area contributed by atoms with Gasteiger partial charge >= 0.3 is 6.09 Å². The number of aromatic nitrogens is 2. The molecule has 4 aromatic rings. The average molecular weight is 463 g/mol. The zero-order valence-corrected chi connectivity index (χ0v) is 19.3. The number of methoxy groups -OCH3 is 1. The number of hydrogen-bond acceptors (Lipinski definition) is 8. The van der Waals surface area contributed by atoms with Crippen LogP contribution in [0.15, 0.2) is 52.1 Å². The highest BCUT2D eigenvalue weighted by atomic mass is 16.6. The van der Waals surface area contributed by atoms with Crippen molar-refractivity contribution in [2.24, 2.45) is 0 Å². The number of hydrogen-bond donors (Lipinski definition) is 3. The maximum atomic E-state index is 13.2. The first-order valence-electron chi connectivity index (χ1n) is 10.6. The topological polar surface area (TPSA) is 140 Å². The molecule has 3 aromatic carbocycles. The summed E-state index contributed by atoms with van der Waals surface area (Å²) in [6, 6.07) is 12.2. The number of fused-ring (bicyclic) bond motifs is 1. The number of ether oxygens (including phenoxy) is 2. The number of H-pyrrole nitrogens is 1. The SMILES string of the molecule is COc1cccc(CNc2c(N(C(=O)OC(C)(C)C)c3ccc4[nH]nc(N)c4c3)c(=O)c2=O)c1. The number of nitrogens with zero attached hydrogens (tertiary/aromatic N) is 2. The van der Waals surface area contributed by atoms with Gasteiger partial charge in [-0.1, -0.05) is 12.1 Å². The van der Waals surface area contributed by atoms with Gasteiger partial charge in [0.05, 0.1) is 18.3 Å². The molecule has 0 atom stereocenters. The zero-order chi connectivity index (χ0) is 24.6. The molecule has 1 aromatic heterocycles. The number of carbonyl (C=O) groups excluding carboxylic acids is 1. The summed E-state index contributed by atoms with van der Waals surface area (Å²) in [5, 5.41) is 10.3. The van der Waals surface area contributed by atoms with Gasteiger partial charge < -0.3 is 20.5 Å². The van der Waals surface area contributed by atoms with Crippen molar-refractivity contribution in [1.82, 2.24) is 10.2 Å². The molecule has 0 spiro atoms. The van der Waals surface area contributed by atoms with Crippen molar-refractivity contribution in [3.8, 4) is 5.75 Å². The molecule has 10 nitrogen and oxygen atoms in total. The number of rotatable bonds is 6. The molecule has 0 saturated carbocycles. The van der Waals surface area contributed by atoms with Crippen LogP contribution in [-0.4, -0.2) is 29.0 Å². The van der Waals surface area contributed by atoms with Gasteiger partial charge in [0.25, 0.3) is 10.9 Å². The molecule has 34 heavy (non-hydrogen) atoms. The molecule has 0 radical (unpaired) electrons. The minimum atomic E-state index is -0.834. The summed E-state index contributed by atoms with van der Waals surface area (Å²) in [5.41, 5.74) is 5.32. The number of benzene rings is 2. The molecule has 1 heterocycles. The molecule has 0 saturated heterocycles. The van der Waals surface area contributed by atoms with E-state index >= 15 is 0 Å². The van der Waals surface area contributed by atoms with Gasteiger partial charge in [-0.15, -0.1) is 0 Å². The molecule has 0 fully saturated rings. The van der Waals surface area contributed by atoms with Crippen LogP contribution in [0, 0.1) is 0 Å². The highest BCUT2D eigenvalue weighted by Gasteiger charge is 2.34. The molecule has 0 unspecified atom stereocenters.